The zero-order chi connectivity index (χ0) is 14.8. The number of rotatable bonds is 3. The fourth-order valence-electron chi connectivity index (χ4n) is 2.13. The summed E-state index contributed by atoms with van der Waals surface area (Å²) in [5, 5.41) is 11.3. The lowest BCUT2D eigenvalue weighted by Gasteiger charge is -1.96. The molecule has 106 valence electrons. The van der Waals surface area contributed by atoms with Crippen molar-refractivity contribution in [2.24, 2.45) is 4.99 Å². The third-order valence-corrected chi connectivity index (χ3v) is 3.42. The summed E-state index contributed by atoms with van der Waals surface area (Å²) in [4.78, 5) is 7.15. The van der Waals surface area contributed by atoms with Crippen molar-refractivity contribution in [2.45, 2.75) is 6.54 Å². The molecular weight excluding hydrogens is 291 g/mol. The number of aromatic nitrogens is 1. The second-order valence-corrected chi connectivity index (χ2v) is 5.11. The Morgan fingerprint density at radius 1 is 1.19 bits per heavy atom. The van der Waals surface area contributed by atoms with E-state index in [2.05, 4.69) is 9.98 Å². The van der Waals surface area contributed by atoms with Gasteiger partial charge in [0.15, 0.2) is 5.88 Å². The number of halogens is 2. The number of fused-ring (bicyclic) bond motifs is 1. The molecule has 3 nitrogen and oxygen atoms in total. The molecular formula is C16H12ClFN2O. The normalized spacial score (nSPS) is 11.5. The van der Waals surface area contributed by atoms with Crippen LogP contribution >= 0.6 is 11.6 Å². The number of aliphatic imine (C=N–C) groups is 1. The van der Waals surface area contributed by atoms with Crippen LogP contribution in [0.2, 0.25) is 5.02 Å². The molecule has 2 N–H and O–H groups in total. The van der Waals surface area contributed by atoms with Crippen LogP contribution in [0.3, 0.4) is 0 Å². The summed E-state index contributed by atoms with van der Waals surface area (Å²) in [7, 11) is 0. The Labute approximate surface area is 125 Å². The lowest BCUT2D eigenvalue weighted by atomic mass is 10.2. The van der Waals surface area contributed by atoms with Crippen molar-refractivity contribution in [3.05, 3.63) is 64.4 Å². The van der Waals surface area contributed by atoms with E-state index in [1.54, 1.807) is 36.5 Å². The summed E-state index contributed by atoms with van der Waals surface area (Å²) in [6, 6.07) is 11.5. The topological polar surface area (TPSA) is 48.4 Å². The number of benzene rings is 2. The predicted molar refractivity (Wildman–Crippen MR) is 82.7 cm³/mol. The molecule has 0 saturated heterocycles. The van der Waals surface area contributed by atoms with Crippen LogP contribution < -0.4 is 0 Å². The lowest BCUT2D eigenvalue weighted by Crippen LogP contribution is -1.85. The third kappa shape index (κ3) is 2.90. The summed E-state index contributed by atoms with van der Waals surface area (Å²) < 4.78 is 12.8. The number of nitrogens with one attached hydrogen (secondary N) is 1. The maximum atomic E-state index is 12.8. The second-order valence-electron chi connectivity index (χ2n) is 4.67. The van der Waals surface area contributed by atoms with Crippen molar-refractivity contribution in [2.75, 3.05) is 0 Å². The number of hydrogen-bond acceptors (Lipinski definition) is 2. The highest BCUT2D eigenvalue weighted by Gasteiger charge is 2.08. The molecule has 0 bridgehead atoms. The summed E-state index contributed by atoms with van der Waals surface area (Å²) in [5.74, 6) is -0.221. The van der Waals surface area contributed by atoms with Crippen molar-refractivity contribution in [3.63, 3.8) is 0 Å². The third-order valence-electron chi connectivity index (χ3n) is 3.19. The van der Waals surface area contributed by atoms with Gasteiger partial charge in [0, 0.05) is 22.1 Å². The quantitative estimate of drug-likeness (QED) is 0.697. The Kier molecular flexibility index (Phi) is 3.62. The first-order valence-corrected chi connectivity index (χ1v) is 6.76. The molecule has 3 aromatic rings. The van der Waals surface area contributed by atoms with E-state index in [0.29, 0.717) is 17.1 Å². The van der Waals surface area contributed by atoms with Crippen molar-refractivity contribution in [1.29, 1.82) is 0 Å². The van der Waals surface area contributed by atoms with Crippen molar-refractivity contribution >= 4 is 28.7 Å². The second kappa shape index (κ2) is 5.58. The van der Waals surface area contributed by atoms with Crippen molar-refractivity contribution in [3.8, 4) is 5.88 Å². The number of aromatic hydroxyl groups is 1. The molecule has 1 aromatic heterocycles. The molecule has 2 aromatic carbocycles. The van der Waals surface area contributed by atoms with E-state index < -0.39 is 0 Å². The van der Waals surface area contributed by atoms with Gasteiger partial charge in [-0.3, -0.25) is 4.99 Å². The fraction of sp³-hybridized carbons (Fsp3) is 0.0625. The summed E-state index contributed by atoms with van der Waals surface area (Å²) in [6.45, 7) is 0.410. The summed E-state index contributed by atoms with van der Waals surface area (Å²) in [6.07, 6.45) is 1.59. The fourth-order valence-corrected chi connectivity index (χ4v) is 2.31. The number of nitrogens with zero attached hydrogens (tertiary/aromatic N) is 1. The molecule has 0 atom stereocenters. The van der Waals surface area contributed by atoms with Crippen LogP contribution in [0.15, 0.2) is 47.5 Å². The SMILES string of the molecule is Oc1[nH]c2ccc(Cl)cc2c1C=NCc1ccc(F)cc1. The minimum absolute atomic E-state index is 0.0510. The largest absolute Gasteiger partial charge is 0.494 e. The molecule has 0 aliphatic rings. The van der Waals surface area contributed by atoms with Gasteiger partial charge in [0.2, 0.25) is 0 Å². The van der Waals surface area contributed by atoms with E-state index >= 15 is 0 Å². The Morgan fingerprint density at radius 3 is 2.71 bits per heavy atom. The minimum atomic E-state index is -0.272. The average Bonchev–Trinajstić information content (AvgIpc) is 2.77. The van der Waals surface area contributed by atoms with Gasteiger partial charge in [-0.05, 0) is 35.9 Å². The van der Waals surface area contributed by atoms with Crippen LogP contribution in [0.25, 0.3) is 10.9 Å². The maximum absolute atomic E-state index is 12.8. The highest BCUT2D eigenvalue weighted by molar-refractivity contribution is 6.31. The zero-order valence-corrected chi connectivity index (χ0v) is 11.7. The van der Waals surface area contributed by atoms with Crippen molar-refractivity contribution < 1.29 is 9.50 Å². The molecule has 0 saturated carbocycles. The minimum Gasteiger partial charge on any atom is -0.494 e. The zero-order valence-electron chi connectivity index (χ0n) is 11.0. The summed E-state index contributed by atoms with van der Waals surface area (Å²) in [5.41, 5.74) is 2.28. The summed E-state index contributed by atoms with van der Waals surface area (Å²) >= 11 is 5.97. The number of H-pyrrole nitrogens is 1. The van der Waals surface area contributed by atoms with Crippen LogP contribution in [-0.4, -0.2) is 16.3 Å². The van der Waals surface area contributed by atoms with Crippen molar-refractivity contribution in [1.82, 2.24) is 4.98 Å². The van der Waals surface area contributed by atoms with Crippen LogP contribution in [0.4, 0.5) is 4.39 Å². The van der Waals surface area contributed by atoms with Gasteiger partial charge in [0.05, 0.1) is 12.1 Å². The Hall–Kier alpha value is -2.33. The van der Waals surface area contributed by atoms with Gasteiger partial charge in [-0.25, -0.2) is 4.39 Å². The molecule has 0 aliphatic carbocycles. The van der Waals surface area contributed by atoms with Gasteiger partial charge < -0.3 is 10.1 Å². The average molecular weight is 303 g/mol. The van der Waals surface area contributed by atoms with Crippen LogP contribution in [0.1, 0.15) is 11.1 Å². The van der Waals surface area contributed by atoms with E-state index in [0.717, 1.165) is 16.5 Å². The molecule has 0 fully saturated rings. The van der Waals surface area contributed by atoms with Gasteiger partial charge in [-0.2, -0.15) is 0 Å². The van der Waals surface area contributed by atoms with Gasteiger partial charge >= 0.3 is 0 Å². The Balaban J connectivity index is 1.87. The van der Waals surface area contributed by atoms with Gasteiger partial charge in [0.1, 0.15) is 5.82 Å². The predicted octanol–water partition coefficient (Wildman–Crippen LogP) is 4.29. The molecule has 0 aliphatic heterocycles. The maximum Gasteiger partial charge on any atom is 0.198 e. The molecule has 0 unspecified atom stereocenters. The first kappa shape index (κ1) is 13.6. The smallest absolute Gasteiger partial charge is 0.198 e. The van der Waals surface area contributed by atoms with Crippen LogP contribution in [0, 0.1) is 5.82 Å². The standard InChI is InChI=1S/C16H12ClFN2O/c17-11-3-6-15-13(7-11)14(16(21)20-15)9-19-8-10-1-4-12(18)5-2-10/h1-7,9,20-21H,8H2. The first-order valence-electron chi connectivity index (χ1n) is 6.38. The molecule has 1 heterocycles. The molecule has 21 heavy (non-hydrogen) atoms. The van der Waals surface area contributed by atoms with Gasteiger partial charge in [0.25, 0.3) is 0 Å². The van der Waals surface area contributed by atoms with Crippen LogP contribution in [0.5, 0.6) is 5.88 Å². The molecule has 0 radical (unpaired) electrons. The molecule has 0 spiro atoms. The monoisotopic (exact) mass is 302 g/mol. The van der Waals surface area contributed by atoms with E-state index in [1.807, 2.05) is 0 Å². The lowest BCUT2D eigenvalue weighted by molar-refractivity contribution is 0.457. The van der Waals surface area contributed by atoms with E-state index in [-0.39, 0.29) is 11.7 Å². The first-order chi connectivity index (χ1) is 10.1. The molecule has 3 rings (SSSR count). The Morgan fingerprint density at radius 2 is 1.95 bits per heavy atom. The Bertz CT molecular complexity index is 809. The highest BCUT2D eigenvalue weighted by atomic mass is 35.5. The molecule has 5 heteroatoms. The molecule has 0 amide bonds. The van der Waals surface area contributed by atoms with E-state index in [4.69, 9.17) is 11.6 Å². The number of hydrogen-bond donors (Lipinski definition) is 2. The van der Waals surface area contributed by atoms with E-state index in [1.165, 1.54) is 12.1 Å². The van der Waals surface area contributed by atoms with E-state index in [9.17, 15) is 9.50 Å². The van der Waals surface area contributed by atoms with Crippen LogP contribution in [-0.2, 0) is 6.54 Å². The van der Waals surface area contributed by atoms with Gasteiger partial charge in [-0.15, -0.1) is 0 Å². The highest BCUT2D eigenvalue weighted by Crippen LogP contribution is 2.28. The number of aromatic amines is 1. The van der Waals surface area contributed by atoms with Gasteiger partial charge in [-0.1, -0.05) is 23.7 Å².